The third-order valence-electron chi connectivity index (χ3n) is 2.48. The van der Waals surface area contributed by atoms with E-state index in [9.17, 15) is 8.78 Å². The molecule has 1 aromatic heterocycles. The fraction of sp³-hybridized carbons (Fsp3) is 0.167. The second-order valence-corrected chi connectivity index (χ2v) is 4.65. The van der Waals surface area contributed by atoms with Crippen molar-refractivity contribution >= 4 is 21.6 Å². The maximum atomic E-state index is 12.7. The molecule has 1 heterocycles. The number of aromatic nitrogens is 2. The van der Waals surface area contributed by atoms with E-state index in [0.717, 1.165) is 10.0 Å². The first-order valence-electron chi connectivity index (χ1n) is 5.16. The van der Waals surface area contributed by atoms with Crippen LogP contribution < -0.4 is 5.73 Å². The number of benzene rings is 1. The Labute approximate surface area is 111 Å². The molecule has 0 radical (unpaired) electrons. The third kappa shape index (κ3) is 2.48. The van der Waals surface area contributed by atoms with E-state index in [1.807, 2.05) is 13.0 Å². The van der Waals surface area contributed by atoms with E-state index in [0.29, 0.717) is 5.56 Å². The predicted molar refractivity (Wildman–Crippen MR) is 69.3 cm³/mol. The second kappa shape index (κ2) is 4.97. The summed E-state index contributed by atoms with van der Waals surface area (Å²) in [5, 5.41) is 0. The molecule has 0 saturated heterocycles. The van der Waals surface area contributed by atoms with Gasteiger partial charge in [-0.05, 0) is 18.6 Å². The highest BCUT2D eigenvalue weighted by Crippen LogP contribution is 2.27. The zero-order valence-electron chi connectivity index (χ0n) is 9.49. The van der Waals surface area contributed by atoms with E-state index < -0.39 is 12.1 Å². The van der Waals surface area contributed by atoms with Crippen LogP contribution in [0.25, 0.3) is 11.4 Å². The molecule has 0 unspecified atom stereocenters. The number of aryl methyl sites for hydroxylation is 1. The molecule has 1 aromatic carbocycles. The zero-order valence-corrected chi connectivity index (χ0v) is 11.1. The topological polar surface area (TPSA) is 51.8 Å². The highest BCUT2D eigenvalue weighted by atomic mass is 79.9. The van der Waals surface area contributed by atoms with Gasteiger partial charge in [0.15, 0.2) is 5.82 Å². The van der Waals surface area contributed by atoms with Crippen LogP contribution >= 0.6 is 15.9 Å². The molecule has 0 aliphatic heterocycles. The normalized spacial score (nSPS) is 10.9. The number of nitrogens with zero attached hydrogens (tertiary/aromatic N) is 2. The van der Waals surface area contributed by atoms with Crippen LogP contribution in [0.5, 0.6) is 0 Å². The minimum Gasteiger partial charge on any atom is -0.396 e. The van der Waals surface area contributed by atoms with Crippen molar-refractivity contribution in [3.8, 4) is 11.4 Å². The van der Waals surface area contributed by atoms with Crippen LogP contribution in [0.3, 0.4) is 0 Å². The molecule has 0 aliphatic carbocycles. The van der Waals surface area contributed by atoms with Crippen LogP contribution in [0.2, 0.25) is 0 Å². The van der Waals surface area contributed by atoms with Gasteiger partial charge in [0.1, 0.15) is 5.69 Å². The Morgan fingerprint density at radius 1 is 1.33 bits per heavy atom. The van der Waals surface area contributed by atoms with Crippen molar-refractivity contribution in [1.29, 1.82) is 0 Å². The summed E-state index contributed by atoms with van der Waals surface area (Å²) in [5.41, 5.74) is 6.58. The Balaban J connectivity index is 2.50. The van der Waals surface area contributed by atoms with Crippen LogP contribution in [-0.4, -0.2) is 9.97 Å². The number of rotatable bonds is 2. The summed E-state index contributed by atoms with van der Waals surface area (Å²) in [7, 11) is 0. The van der Waals surface area contributed by atoms with Gasteiger partial charge in [-0.3, -0.25) is 0 Å². The first-order chi connectivity index (χ1) is 8.49. The van der Waals surface area contributed by atoms with Crippen molar-refractivity contribution in [2.45, 2.75) is 13.3 Å². The summed E-state index contributed by atoms with van der Waals surface area (Å²) < 4.78 is 26.2. The summed E-state index contributed by atoms with van der Waals surface area (Å²) in [4.78, 5) is 7.78. The molecule has 0 spiro atoms. The quantitative estimate of drug-likeness (QED) is 0.919. The molecule has 94 valence electrons. The molecule has 0 fully saturated rings. The molecule has 0 bridgehead atoms. The summed E-state index contributed by atoms with van der Waals surface area (Å²) >= 11 is 3.38. The fourth-order valence-corrected chi connectivity index (χ4v) is 1.83. The highest BCUT2D eigenvalue weighted by Gasteiger charge is 2.15. The Kier molecular flexibility index (Phi) is 3.56. The van der Waals surface area contributed by atoms with Crippen molar-refractivity contribution in [2.24, 2.45) is 0 Å². The van der Waals surface area contributed by atoms with Gasteiger partial charge in [-0.25, -0.2) is 18.7 Å². The minimum absolute atomic E-state index is 0.0973. The molecule has 2 aromatic rings. The first-order valence-corrected chi connectivity index (χ1v) is 5.95. The lowest BCUT2D eigenvalue weighted by molar-refractivity contribution is 0.147. The number of alkyl halides is 2. The average Bonchev–Trinajstić information content (AvgIpc) is 2.33. The molecule has 2 rings (SSSR count). The van der Waals surface area contributed by atoms with Gasteiger partial charge in [0.25, 0.3) is 6.43 Å². The standard InChI is InChI=1S/C12H10BrF2N3/c1-6-2-3-7(4-8(6)13)12-17-5-9(16)10(18-12)11(14)15/h2-5,11H,16H2,1H3. The van der Waals surface area contributed by atoms with E-state index in [1.54, 1.807) is 12.1 Å². The molecular weight excluding hydrogens is 304 g/mol. The number of halogens is 3. The maximum absolute atomic E-state index is 12.7. The second-order valence-electron chi connectivity index (χ2n) is 3.80. The molecule has 2 N–H and O–H groups in total. The van der Waals surface area contributed by atoms with E-state index >= 15 is 0 Å². The number of hydrogen-bond acceptors (Lipinski definition) is 3. The van der Waals surface area contributed by atoms with Crippen LogP contribution in [-0.2, 0) is 0 Å². The van der Waals surface area contributed by atoms with Gasteiger partial charge in [-0.15, -0.1) is 0 Å². The Bertz CT molecular complexity index is 588. The van der Waals surface area contributed by atoms with Gasteiger partial charge in [0.05, 0.1) is 11.9 Å². The fourth-order valence-electron chi connectivity index (χ4n) is 1.45. The highest BCUT2D eigenvalue weighted by molar-refractivity contribution is 9.10. The van der Waals surface area contributed by atoms with Crippen molar-refractivity contribution in [3.05, 3.63) is 40.1 Å². The average molecular weight is 314 g/mol. The minimum atomic E-state index is -2.71. The lowest BCUT2D eigenvalue weighted by Gasteiger charge is -2.07. The molecule has 6 heteroatoms. The summed E-state index contributed by atoms with van der Waals surface area (Å²) in [6, 6.07) is 5.43. The number of anilines is 1. The molecular formula is C12H10BrF2N3. The largest absolute Gasteiger partial charge is 0.396 e. The first kappa shape index (κ1) is 12.9. The lowest BCUT2D eigenvalue weighted by Crippen LogP contribution is -2.02. The van der Waals surface area contributed by atoms with Crippen molar-refractivity contribution in [2.75, 3.05) is 5.73 Å². The third-order valence-corrected chi connectivity index (χ3v) is 3.34. The van der Waals surface area contributed by atoms with E-state index in [1.165, 1.54) is 6.20 Å². The Hall–Kier alpha value is -1.56. The molecule has 0 amide bonds. The van der Waals surface area contributed by atoms with Crippen molar-refractivity contribution in [1.82, 2.24) is 9.97 Å². The van der Waals surface area contributed by atoms with E-state index in [-0.39, 0.29) is 11.5 Å². The summed E-state index contributed by atoms with van der Waals surface area (Å²) in [5.74, 6) is 0.236. The van der Waals surface area contributed by atoms with Gasteiger partial charge in [-0.2, -0.15) is 0 Å². The monoisotopic (exact) mass is 313 g/mol. The van der Waals surface area contributed by atoms with Gasteiger partial charge in [0.2, 0.25) is 0 Å². The van der Waals surface area contributed by atoms with Gasteiger partial charge in [-0.1, -0.05) is 28.1 Å². The maximum Gasteiger partial charge on any atom is 0.282 e. The molecule has 18 heavy (non-hydrogen) atoms. The van der Waals surface area contributed by atoms with Crippen LogP contribution in [0, 0.1) is 6.92 Å². The van der Waals surface area contributed by atoms with Crippen LogP contribution in [0.4, 0.5) is 14.5 Å². The predicted octanol–water partition coefficient (Wildman–Crippen LogP) is 3.73. The van der Waals surface area contributed by atoms with E-state index in [4.69, 9.17) is 5.73 Å². The number of hydrogen-bond donors (Lipinski definition) is 1. The zero-order chi connectivity index (χ0) is 13.3. The molecule has 0 atom stereocenters. The van der Waals surface area contributed by atoms with Gasteiger partial charge in [0, 0.05) is 10.0 Å². The summed E-state index contributed by atoms with van der Waals surface area (Å²) in [6.45, 7) is 1.93. The number of nitrogens with two attached hydrogens (primary N) is 1. The van der Waals surface area contributed by atoms with Crippen molar-refractivity contribution < 1.29 is 8.78 Å². The van der Waals surface area contributed by atoms with Crippen molar-refractivity contribution in [3.63, 3.8) is 0 Å². The van der Waals surface area contributed by atoms with Gasteiger partial charge < -0.3 is 5.73 Å². The number of nitrogen functional groups attached to an aromatic ring is 1. The SMILES string of the molecule is Cc1ccc(-c2ncc(N)c(C(F)F)n2)cc1Br. The Morgan fingerprint density at radius 2 is 2.06 bits per heavy atom. The molecule has 3 nitrogen and oxygen atoms in total. The Morgan fingerprint density at radius 3 is 2.67 bits per heavy atom. The van der Waals surface area contributed by atoms with Gasteiger partial charge >= 0.3 is 0 Å². The smallest absolute Gasteiger partial charge is 0.282 e. The van der Waals surface area contributed by atoms with E-state index in [2.05, 4.69) is 25.9 Å². The molecule has 0 aliphatic rings. The van der Waals surface area contributed by atoms with Crippen LogP contribution in [0.15, 0.2) is 28.9 Å². The van der Waals surface area contributed by atoms with Crippen LogP contribution in [0.1, 0.15) is 17.7 Å². The molecule has 0 saturated carbocycles. The lowest BCUT2D eigenvalue weighted by atomic mass is 10.1. The summed E-state index contributed by atoms with van der Waals surface area (Å²) in [6.07, 6.45) is -1.50.